The first-order valence-corrected chi connectivity index (χ1v) is 10.0. The molecule has 0 spiro atoms. The van der Waals surface area contributed by atoms with Crippen LogP contribution in [0.3, 0.4) is 0 Å². The van der Waals surface area contributed by atoms with Gasteiger partial charge in [-0.15, -0.1) is 12.4 Å². The fraction of sp³-hybridized carbons (Fsp3) is 0.545. The summed E-state index contributed by atoms with van der Waals surface area (Å²) in [6, 6.07) is 7.65. The summed E-state index contributed by atoms with van der Waals surface area (Å²) in [5, 5.41) is 11.2. The second-order valence-electron chi connectivity index (χ2n) is 7.07. The Morgan fingerprint density at radius 1 is 0.964 bits per heavy atom. The molecule has 0 radical (unpaired) electrons. The Labute approximate surface area is 175 Å². The van der Waals surface area contributed by atoms with Crippen LogP contribution in [-0.2, 0) is 16.1 Å². The molecule has 1 rings (SSSR count). The quantitative estimate of drug-likeness (QED) is 0.324. The third-order valence-electron chi connectivity index (χ3n) is 4.44. The van der Waals surface area contributed by atoms with Crippen LogP contribution in [0.1, 0.15) is 63.9 Å². The van der Waals surface area contributed by atoms with Crippen LogP contribution in [0.15, 0.2) is 36.4 Å². The largest absolute Gasteiger partial charge is 0.478 e. The molecule has 1 aromatic carbocycles. The molecule has 0 heterocycles. The van der Waals surface area contributed by atoms with E-state index in [9.17, 15) is 9.59 Å². The van der Waals surface area contributed by atoms with Crippen molar-refractivity contribution in [3.63, 3.8) is 0 Å². The minimum absolute atomic E-state index is 0. The molecule has 0 fully saturated rings. The number of amides is 1. The summed E-state index contributed by atoms with van der Waals surface area (Å²) >= 11 is 0. The number of hydrogen-bond acceptors (Lipinski definition) is 3. The van der Waals surface area contributed by atoms with E-state index in [2.05, 4.69) is 24.2 Å². The molecule has 0 saturated carbocycles. The fourth-order valence-corrected chi connectivity index (χ4v) is 2.93. The minimum Gasteiger partial charge on any atom is -0.478 e. The molecule has 0 aliphatic rings. The van der Waals surface area contributed by atoms with Crippen LogP contribution >= 0.6 is 12.4 Å². The number of aliphatic carboxylic acids is 1. The van der Waals surface area contributed by atoms with E-state index in [4.69, 9.17) is 5.11 Å². The SMILES string of the molecule is CCCCCCCCCCN(C)Cc1ccc(NC(=O)C=CC(=O)O)cc1.Cl. The molecular weight excluding hydrogens is 376 g/mol. The number of carboxylic acids is 1. The van der Waals surface area contributed by atoms with Crippen molar-refractivity contribution in [3.05, 3.63) is 42.0 Å². The highest BCUT2D eigenvalue weighted by atomic mass is 35.5. The van der Waals surface area contributed by atoms with Gasteiger partial charge < -0.3 is 15.3 Å². The van der Waals surface area contributed by atoms with Crippen molar-refractivity contribution in [2.45, 2.75) is 64.8 Å². The lowest BCUT2D eigenvalue weighted by molar-refractivity contribution is -0.131. The lowest BCUT2D eigenvalue weighted by Crippen LogP contribution is -2.19. The zero-order chi connectivity index (χ0) is 19.9. The average Bonchev–Trinajstić information content (AvgIpc) is 2.64. The number of benzene rings is 1. The van der Waals surface area contributed by atoms with Gasteiger partial charge >= 0.3 is 5.97 Å². The molecule has 2 N–H and O–H groups in total. The van der Waals surface area contributed by atoms with Crippen LogP contribution < -0.4 is 5.32 Å². The van der Waals surface area contributed by atoms with Gasteiger partial charge in [0, 0.05) is 24.4 Å². The number of hydrogen-bond donors (Lipinski definition) is 2. The van der Waals surface area contributed by atoms with Gasteiger partial charge in [0.1, 0.15) is 0 Å². The molecule has 1 aromatic rings. The molecule has 158 valence electrons. The molecule has 0 atom stereocenters. The second-order valence-corrected chi connectivity index (χ2v) is 7.07. The third-order valence-corrected chi connectivity index (χ3v) is 4.44. The van der Waals surface area contributed by atoms with Crippen molar-refractivity contribution in [3.8, 4) is 0 Å². The Morgan fingerprint density at radius 2 is 1.54 bits per heavy atom. The molecule has 28 heavy (non-hydrogen) atoms. The molecule has 5 nitrogen and oxygen atoms in total. The van der Waals surface area contributed by atoms with Gasteiger partial charge in [0.05, 0.1) is 0 Å². The van der Waals surface area contributed by atoms with E-state index >= 15 is 0 Å². The van der Waals surface area contributed by atoms with Gasteiger partial charge in [0.25, 0.3) is 0 Å². The lowest BCUT2D eigenvalue weighted by atomic mass is 10.1. The molecule has 0 bridgehead atoms. The maximum absolute atomic E-state index is 11.6. The summed E-state index contributed by atoms with van der Waals surface area (Å²) in [5.74, 6) is -1.59. The first kappa shape index (κ1) is 26.1. The normalized spacial score (nSPS) is 10.8. The second kappa shape index (κ2) is 16.1. The van der Waals surface area contributed by atoms with E-state index in [1.807, 2.05) is 24.3 Å². The van der Waals surface area contributed by atoms with Crippen LogP contribution in [0.25, 0.3) is 0 Å². The maximum Gasteiger partial charge on any atom is 0.328 e. The standard InChI is InChI=1S/C22H34N2O3.ClH/c1-3-4-5-6-7-8-9-10-17-24(2)18-19-11-13-20(14-12-19)23-21(25)15-16-22(26)27;/h11-16H,3-10,17-18H2,1-2H3,(H,23,25)(H,26,27);1H. The minimum atomic E-state index is -1.14. The highest BCUT2D eigenvalue weighted by molar-refractivity contribution is 6.02. The van der Waals surface area contributed by atoms with E-state index in [0.29, 0.717) is 5.69 Å². The van der Waals surface area contributed by atoms with Crippen molar-refractivity contribution in [1.82, 2.24) is 4.90 Å². The molecule has 1 amide bonds. The number of rotatable bonds is 14. The lowest BCUT2D eigenvalue weighted by Gasteiger charge is -2.17. The number of unbranched alkanes of at least 4 members (excludes halogenated alkanes) is 7. The predicted molar refractivity (Wildman–Crippen MR) is 118 cm³/mol. The molecule has 0 unspecified atom stereocenters. The number of halogens is 1. The summed E-state index contributed by atoms with van der Waals surface area (Å²) < 4.78 is 0. The van der Waals surface area contributed by atoms with Crippen LogP contribution in [0.4, 0.5) is 5.69 Å². The van der Waals surface area contributed by atoms with Crippen molar-refractivity contribution < 1.29 is 14.7 Å². The molecule has 0 saturated heterocycles. The van der Waals surface area contributed by atoms with E-state index < -0.39 is 11.9 Å². The molecule has 0 aromatic heterocycles. The molecule has 0 aliphatic carbocycles. The van der Waals surface area contributed by atoms with E-state index in [1.54, 1.807) is 0 Å². The third kappa shape index (κ3) is 13.3. The summed E-state index contributed by atoms with van der Waals surface area (Å²) in [7, 11) is 2.13. The molecular formula is C22H35ClN2O3. The van der Waals surface area contributed by atoms with Gasteiger partial charge in [-0.1, -0.05) is 64.0 Å². The van der Waals surface area contributed by atoms with Crippen LogP contribution in [0.2, 0.25) is 0 Å². The zero-order valence-electron chi connectivity index (χ0n) is 17.2. The topological polar surface area (TPSA) is 69.6 Å². The summed E-state index contributed by atoms with van der Waals surface area (Å²) in [5.41, 5.74) is 1.85. The number of nitrogens with zero attached hydrogens (tertiary/aromatic N) is 1. The number of anilines is 1. The van der Waals surface area contributed by atoms with Crippen LogP contribution in [0.5, 0.6) is 0 Å². The predicted octanol–water partition coefficient (Wildman–Crippen LogP) is 5.26. The Kier molecular flexibility index (Phi) is 15.1. The first-order chi connectivity index (χ1) is 13.0. The first-order valence-electron chi connectivity index (χ1n) is 10.0. The Balaban J connectivity index is 0.00000729. The highest BCUT2D eigenvalue weighted by Crippen LogP contribution is 2.12. The fourth-order valence-electron chi connectivity index (χ4n) is 2.93. The van der Waals surface area contributed by atoms with Crippen LogP contribution in [-0.4, -0.2) is 35.5 Å². The molecule has 0 aliphatic heterocycles. The van der Waals surface area contributed by atoms with E-state index in [1.165, 1.54) is 56.9 Å². The van der Waals surface area contributed by atoms with Gasteiger partial charge in [0.15, 0.2) is 0 Å². The van der Waals surface area contributed by atoms with Crippen molar-refractivity contribution in [1.29, 1.82) is 0 Å². The average molecular weight is 411 g/mol. The van der Waals surface area contributed by atoms with Crippen molar-refractivity contribution in [2.24, 2.45) is 0 Å². The Bertz CT molecular complexity index is 588. The van der Waals surface area contributed by atoms with E-state index in [0.717, 1.165) is 25.2 Å². The van der Waals surface area contributed by atoms with Crippen LogP contribution in [0, 0.1) is 0 Å². The van der Waals surface area contributed by atoms with Gasteiger partial charge in [0.2, 0.25) is 5.91 Å². The number of carbonyl (C=O) groups excluding carboxylic acids is 1. The Hall–Kier alpha value is -1.85. The highest BCUT2D eigenvalue weighted by Gasteiger charge is 2.03. The summed E-state index contributed by atoms with van der Waals surface area (Å²) in [4.78, 5) is 24.3. The smallest absolute Gasteiger partial charge is 0.328 e. The van der Waals surface area contributed by atoms with E-state index in [-0.39, 0.29) is 12.4 Å². The van der Waals surface area contributed by atoms with Crippen molar-refractivity contribution >= 4 is 30.0 Å². The zero-order valence-corrected chi connectivity index (χ0v) is 18.0. The van der Waals surface area contributed by atoms with Gasteiger partial charge in [-0.2, -0.15) is 0 Å². The monoisotopic (exact) mass is 410 g/mol. The Morgan fingerprint density at radius 3 is 2.11 bits per heavy atom. The number of carboxylic acid groups (broad SMARTS) is 1. The summed E-state index contributed by atoms with van der Waals surface area (Å²) in [6.07, 6.45) is 12.5. The number of carbonyl (C=O) groups is 2. The number of nitrogens with one attached hydrogen (secondary N) is 1. The molecule has 6 heteroatoms. The van der Waals surface area contributed by atoms with Gasteiger partial charge in [-0.05, 0) is 37.7 Å². The maximum atomic E-state index is 11.6. The van der Waals surface area contributed by atoms with Crippen molar-refractivity contribution in [2.75, 3.05) is 18.9 Å². The van der Waals surface area contributed by atoms with Gasteiger partial charge in [-0.25, -0.2) is 4.79 Å². The van der Waals surface area contributed by atoms with Gasteiger partial charge in [-0.3, -0.25) is 4.79 Å². The summed E-state index contributed by atoms with van der Waals surface area (Å²) in [6.45, 7) is 4.22.